The van der Waals surface area contributed by atoms with Crippen LogP contribution in [-0.2, 0) is 10.8 Å². The maximum atomic E-state index is 11.3. The number of para-hydroxylation sites is 1. The molecule has 4 heteroatoms. The molecule has 3 unspecified atom stereocenters. The van der Waals surface area contributed by atoms with Gasteiger partial charge in [-0.1, -0.05) is 25.1 Å². The predicted molar refractivity (Wildman–Crippen MR) is 82.2 cm³/mol. The van der Waals surface area contributed by atoms with Crippen LogP contribution in [0.5, 0.6) is 5.75 Å². The van der Waals surface area contributed by atoms with E-state index in [-0.39, 0.29) is 11.3 Å². The number of nitrogens with one attached hydrogen (secondary N) is 1. The van der Waals surface area contributed by atoms with E-state index in [9.17, 15) is 4.21 Å². The first-order valence-corrected chi connectivity index (χ1v) is 8.45. The first-order valence-electron chi connectivity index (χ1n) is 6.83. The van der Waals surface area contributed by atoms with Gasteiger partial charge in [0.05, 0.1) is 6.61 Å². The van der Waals surface area contributed by atoms with Crippen LogP contribution < -0.4 is 10.1 Å². The quantitative estimate of drug-likeness (QED) is 0.797. The number of rotatable bonds is 8. The van der Waals surface area contributed by atoms with Gasteiger partial charge in [0, 0.05) is 33.9 Å². The van der Waals surface area contributed by atoms with Gasteiger partial charge in [0.1, 0.15) is 5.75 Å². The largest absolute Gasteiger partial charge is 0.494 e. The fourth-order valence-electron chi connectivity index (χ4n) is 1.90. The lowest BCUT2D eigenvalue weighted by Crippen LogP contribution is -2.24. The van der Waals surface area contributed by atoms with Gasteiger partial charge >= 0.3 is 0 Å². The molecule has 0 fully saturated rings. The van der Waals surface area contributed by atoms with Crippen molar-refractivity contribution in [1.29, 1.82) is 0 Å². The van der Waals surface area contributed by atoms with Crippen LogP contribution in [0.4, 0.5) is 0 Å². The molecule has 0 bridgehead atoms. The highest BCUT2D eigenvalue weighted by Gasteiger charge is 2.11. The molecule has 0 saturated carbocycles. The Kier molecular flexibility index (Phi) is 7.10. The minimum atomic E-state index is -0.742. The lowest BCUT2D eigenvalue weighted by molar-refractivity contribution is 0.332. The molecule has 0 aromatic heterocycles. The van der Waals surface area contributed by atoms with Crippen LogP contribution in [0.15, 0.2) is 24.3 Å². The molecule has 0 aliphatic heterocycles. The summed E-state index contributed by atoms with van der Waals surface area (Å²) in [6, 6.07) is 8.34. The first kappa shape index (κ1) is 16.2. The van der Waals surface area contributed by atoms with Gasteiger partial charge < -0.3 is 10.1 Å². The molecule has 108 valence electrons. The maximum Gasteiger partial charge on any atom is 0.124 e. The minimum Gasteiger partial charge on any atom is -0.494 e. The molecule has 1 aromatic rings. The van der Waals surface area contributed by atoms with Gasteiger partial charge in [-0.2, -0.15) is 0 Å². The fourth-order valence-corrected chi connectivity index (χ4v) is 2.35. The molecule has 19 heavy (non-hydrogen) atoms. The van der Waals surface area contributed by atoms with Crippen molar-refractivity contribution in [1.82, 2.24) is 5.32 Å². The van der Waals surface area contributed by atoms with Crippen LogP contribution in [0.1, 0.15) is 38.8 Å². The molecule has 0 amide bonds. The van der Waals surface area contributed by atoms with Gasteiger partial charge in [0.15, 0.2) is 0 Å². The van der Waals surface area contributed by atoms with E-state index in [2.05, 4.69) is 18.3 Å². The van der Waals surface area contributed by atoms with E-state index in [4.69, 9.17) is 4.74 Å². The Hall–Kier alpha value is -0.870. The normalized spacial score (nSPS) is 15.8. The Morgan fingerprint density at radius 1 is 1.32 bits per heavy atom. The van der Waals surface area contributed by atoms with Gasteiger partial charge in [0.25, 0.3) is 0 Å². The minimum absolute atomic E-state index is 0.236. The number of ether oxygens (including phenoxy) is 1. The third-order valence-electron chi connectivity index (χ3n) is 3.25. The lowest BCUT2D eigenvalue weighted by atomic mass is 10.1. The van der Waals surface area contributed by atoms with Crippen molar-refractivity contribution in [3.05, 3.63) is 29.8 Å². The molecule has 0 spiro atoms. The van der Waals surface area contributed by atoms with E-state index in [1.807, 2.05) is 32.0 Å². The van der Waals surface area contributed by atoms with E-state index in [0.717, 1.165) is 18.7 Å². The monoisotopic (exact) mass is 283 g/mol. The SMILES string of the molecule is CCOc1ccccc1C(C)NCCC(C)S(C)=O. The van der Waals surface area contributed by atoms with Gasteiger partial charge in [-0.25, -0.2) is 0 Å². The standard InChI is InChI=1S/C15H25NO2S/c1-5-18-15-9-7-6-8-14(15)13(3)16-11-10-12(2)19(4)17/h6-9,12-13,16H,5,10-11H2,1-4H3. The average molecular weight is 283 g/mol. The molecular weight excluding hydrogens is 258 g/mol. The first-order chi connectivity index (χ1) is 9.06. The zero-order valence-corrected chi connectivity index (χ0v) is 13.1. The predicted octanol–water partition coefficient (Wildman–Crippen LogP) is 2.89. The second kappa shape index (κ2) is 8.33. The summed E-state index contributed by atoms with van der Waals surface area (Å²) in [6.45, 7) is 7.69. The van der Waals surface area contributed by atoms with Crippen molar-refractivity contribution in [3.8, 4) is 5.75 Å². The molecule has 0 saturated heterocycles. The summed E-state index contributed by atoms with van der Waals surface area (Å²) in [5.74, 6) is 0.942. The molecule has 0 radical (unpaired) electrons. The smallest absolute Gasteiger partial charge is 0.124 e. The topological polar surface area (TPSA) is 38.3 Å². The van der Waals surface area contributed by atoms with Crippen LogP contribution in [0.2, 0.25) is 0 Å². The van der Waals surface area contributed by atoms with Crippen LogP contribution in [0.25, 0.3) is 0 Å². The highest BCUT2D eigenvalue weighted by Crippen LogP contribution is 2.24. The van der Waals surface area contributed by atoms with E-state index in [0.29, 0.717) is 6.61 Å². The second-order valence-corrected chi connectivity index (χ2v) is 6.55. The second-order valence-electron chi connectivity index (χ2n) is 4.74. The molecular formula is C15H25NO2S. The van der Waals surface area contributed by atoms with Crippen molar-refractivity contribution in [2.45, 2.75) is 38.5 Å². The molecule has 1 N–H and O–H groups in total. The zero-order chi connectivity index (χ0) is 14.3. The third kappa shape index (κ3) is 5.33. The maximum absolute atomic E-state index is 11.3. The summed E-state index contributed by atoms with van der Waals surface area (Å²) in [6.07, 6.45) is 2.68. The number of hydrogen-bond donors (Lipinski definition) is 1. The van der Waals surface area contributed by atoms with Crippen LogP contribution in [-0.4, -0.2) is 28.9 Å². The van der Waals surface area contributed by atoms with Crippen molar-refractivity contribution in [2.75, 3.05) is 19.4 Å². The zero-order valence-electron chi connectivity index (χ0n) is 12.3. The average Bonchev–Trinajstić information content (AvgIpc) is 2.39. The number of benzene rings is 1. The third-order valence-corrected chi connectivity index (χ3v) is 4.62. The van der Waals surface area contributed by atoms with Gasteiger partial charge in [-0.15, -0.1) is 0 Å². The van der Waals surface area contributed by atoms with Crippen LogP contribution >= 0.6 is 0 Å². The van der Waals surface area contributed by atoms with Crippen LogP contribution in [0, 0.1) is 0 Å². The summed E-state index contributed by atoms with van der Waals surface area (Å²) < 4.78 is 16.9. The Balaban J connectivity index is 2.53. The van der Waals surface area contributed by atoms with E-state index in [1.54, 1.807) is 6.26 Å². The van der Waals surface area contributed by atoms with E-state index in [1.165, 1.54) is 5.56 Å². The van der Waals surface area contributed by atoms with Crippen molar-refractivity contribution in [3.63, 3.8) is 0 Å². The molecule has 1 aromatic carbocycles. The van der Waals surface area contributed by atoms with E-state index >= 15 is 0 Å². The molecule has 0 aliphatic rings. The summed E-state index contributed by atoms with van der Waals surface area (Å²) in [5, 5.41) is 3.71. The van der Waals surface area contributed by atoms with Crippen LogP contribution in [0.3, 0.4) is 0 Å². The molecule has 0 heterocycles. The van der Waals surface area contributed by atoms with Gasteiger partial charge in [0.2, 0.25) is 0 Å². The number of hydrogen-bond acceptors (Lipinski definition) is 3. The van der Waals surface area contributed by atoms with Crippen molar-refractivity contribution >= 4 is 10.8 Å². The summed E-state index contributed by atoms with van der Waals surface area (Å²) >= 11 is 0. The Bertz CT molecular complexity index is 409. The summed E-state index contributed by atoms with van der Waals surface area (Å²) in [4.78, 5) is 0. The molecule has 3 atom stereocenters. The highest BCUT2D eigenvalue weighted by atomic mass is 32.2. The van der Waals surface area contributed by atoms with Gasteiger partial charge in [-0.3, -0.25) is 4.21 Å². The Morgan fingerprint density at radius 3 is 2.63 bits per heavy atom. The lowest BCUT2D eigenvalue weighted by Gasteiger charge is -2.18. The Morgan fingerprint density at radius 2 is 2.00 bits per heavy atom. The molecule has 0 aliphatic carbocycles. The fraction of sp³-hybridized carbons (Fsp3) is 0.600. The van der Waals surface area contributed by atoms with E-state index < -0.39 is 10.8 Å². The Labute approximate surface area is 119 Å². The highest BCUT2D eigenvalue weighted by molar-refractivity contribution is 7.84. The summed E-state index contributed by atoms with van der Waals surface area (Å²) in [7, 11) is -0.742. The van der Waals surface area contributed by atoms with Crippen molar-refractivity contribution in [2.24, 2.45) is 0 Å². The van der Waals surface area contributed by atoms with Gasteiger partial charge in [-0.05, 0) is 32.9 Å². The molecule has 1 rings (SSSR count). The van der Waals surface area contributed by atoms with Crippen molar-refractivity contribution < 1.29 is 8.95 Å². The summed E-state index contributed by atoms with van der Waals surface area (Å²) in [5.41, 5.74) is 1.18. The molecule has 3 nitrogen and oxygen atoms in total.